The van der Waals surface area contributed by atoms with Crippen molar-refractivity contribution in [2.75, 3.05) is 19.0 Å². The summed E-state index contributed by atoms with van der Waals surface area (Å²) < 4.78 is 33.6. The highest BCUT2D eigenvalue weighted by molar-refractivity contribution is 9.10. The van der Waals surface area contributed by atoms with Crippen LogP contribution in [0.15, 0.2) is 44.9 Å². The first kappa shape index (κ1) is 18.1. The molecule has 10 heteroatoms. The lowest BCUT2D eigenvalue weighted by atomic mass is 10.2. The lowest BCUT2D eigenvalue weighted by Gasteiger charge is -2.22. The highest BCUT2D eigenvalue weighted by atomic mass is 79.9. The van der Waals surface area contributed by atoms with E-state index in [0.717, 1.165) is 10.7 Å². The molecule has 0 fully saturated rings. The van der Waals surface area contributed by atoms with E-state index in [2.05, 4.69) is 30.4 Å². The second-order valence-corrected chi connectivity index (χ2v) is 7.26. The van der Waals surface area contributed by atoms with Gasteiger partial charge in [-0.15, -0.1) is 4.40 Å². The molecular weight excluding hydrogens is 402 g/mol. The fourth-order valence-corrected chi connectivity index (χ4v) is 3.39. The van der Waals surface area contributed by atoms with Gasteiger partial charge in [0.05, 0.1) is 18.4 Å². The highest BCUT2D eigenvalue weighted by Gasteiger charge is 2.29. The van der Waals surface area contributed by atoms with Crippen LogP contribution in [0.2, 0.25) is 0 Å². The minimum atomic E-state index is -4.08. The molecule has 8 nitrogen and oxygen atoms in total. The van der Waals surface area contributed by atoms with Crippen molar-refractivity contribution in [3.8, 4) is 0 Å². The zero-order chi connectivity index (χ0) is 17.9. The number of methoxy groups -OCH3 is 1. The third-order valence-corrected chi connectivity index (χ3v) is 4.85. The molecule has 24 heavy (non-hydrogen) atoms. The molecule has 0 unspecified atom stereocenters. The van der Waals surface area contributed by atoms with E-state index in [9.17, 15) is 18.0 Å². The van der Waals surface area contributed by atoms with Crippen LogP contribution in [0.3, 0.4) is 0 Å². The van der Waals surface area contributed by atoms with Gasteiger partial charge >= 0.3 is 16.2 Å². The molecule has 0 radical (unpaired) electrons. The number of rotatable bonds is 4. The molecule has 1 N–H and O–H groups in total. The van der Waals surface area contributed by atoms with Crippen LogP contribution in [0.1, 0.15) is 6.92 Å². The predicted octanol–water partition coefficient (Wildman–Crippen LogP) is 1.47. The lowest BCUT2D eigenvalue weighted by Crippen LogP contribution is -2.37. The van der Waals surface area contributed by atoms with Gasteiger partial charge in [-0.1, -0.05) is 22.0 Å². The topological polar surface area (TPSA) is 105 Å². The van der Waals surface area contributed by atoms with Crippen LogP contribution >= 0.6 is 15.9 Å². The number of nitrogens with one attached hydrogen (secondary N) is 1. The molecule has 0 atom stereocenters. The van der Waals surface area contributed by atoms with Crippen molar-refractivity contribution >= 4 is 49.4 Å². The average molecular weight is 416 g/mol. The molecule has 1 aliphatic rings. The number of anilines is 1. The third-order valence-electron chi connectivity index (χ3n) is 3.02. The summed E-state index contributed by atoms with van der Waals surface area (Å²) in [6.45, 7) is 0.853. The molecule has 1 aliphatic heterocycles. The number of carbonyl (C=O) groups is 2. The molecule has 0 bridgehead atoms. The number of carbonyl (C=O) groups excluding carboxylic acids is 2. The number of benzene rings is 1. The first-order chi connectivity index (χ1) is 11.2. The Morgan fingerprint density at radius 2 is 2.08 bits per heavy atom. The number of hydrogen-bond donors (Lipinski definition) is 1. The standard InChI is InChI=1S/C14H14BrN3O5S/c1-9-12(14(20)23-2)7-18(24(21,22)17-9)8-13(19)16-11-5-3-4-10(15)6-11/h3-7H,8H2,1-2H3,(H,16,19). The highest BCUT2D eigenvalue weighted by Crippen LogP contribution is 2.18. The maximum Gasteiger partial charge on any atom is 0.344 e. The summed E-state index contributed by atoms with van der Waals surface area (Å²) in [5, 5.41) is 2.57. The second kappa shape index (κ2) is 7.14. The summed E-state index contributed by atoms with van der Waals surface area (Å²) in [6.07, 6.45) is 1.05. The van der Waals surface area contributed by atoms with E-state index in [4.69, 9.17) is 0 Å². The monoisotopic (exact) mass is 415 g/mol. The Hall–Kier alpha value is -2.20. The molecule has 128 valence electrons. The Bertz CT molecular complexity index is 848. The molecule has 0 saturated carbocycles. The van der Waals surface area contributed by atoms with Crippen LogP contribution in [-0.2, 0) is 24.5 Å². The van der Waals surface area contributed by atoms with E-state index in [0.29, 0.717) is 9.99 Å². The SMILES string of the molecule is COC(=O)C1=CN(CC(=O)Nc2cccc(Br)c2)S(=O)(=O)N=C1C. The molecule has 0 spiro atoms. The van der Waals surface area contributed by atoms with E-state index >= 15 is 0 Å². The number of ether oxygens (including phenoxy) is 1. The van der Waals surface area contributed by atoms with E-state index < -0.39 is 28.6 Å². The number of hydrogen-bond acceptors (Lipinski definition) is 5. The molecule has 0 aliphatic carbocycles. The maximum atomic E-state index is 12.1. The molecule has 0 aromatic heterocycles. The van der Waals surface area contributed by atoms with Crippen molar-refractivity contribution in [3.63, 3.8) is 0 Å². The number of amides is 1. The van der Waals surface area contributed by atoms with Crippen LogP contribution in [0.4, 0.5) is 5.69 Å². The maximum absolute atomic E-state index is 12.1. The zero-order valence-electron chi connectivity index (χ0n) is 12.8. The van der Waals surface area contributed by atoms with Gasteiger partial charge in [-0.2, -0.15) is 8.42 Å². The lowest BCUT2D eigenvalue weighted by molar-refractivity contribution is -0.135. The van der Waals surface area contributed by atoms with Crippen LogP contribution < -0.4 is 5.32 Å². The quantitative estimate of drug-likeness (QED) is 0.749. The second-order valence-electron chi connectivity index (χ2n) is 4.79. The molecule has 1 aromatic rings. The van der Waals surface area contributed by atoms with E-state index in [1.165, 1.54) is 14.0 Å². The molecule has 1 heterocycles. The van der Waals surface area contributed by atoms with Gasteiger partial charge in [0.25, 0.3) is 0 Å². The van der Waals surface area contributed by atoms with Crippen molar-refractivity contribution in [3.05, 3.63) is 40.5 Å². The fourth-order valence-electron chi connectivity index (χ4n) is 1.92. The van der Waals surface area contributed by atoms with Crippen molar-refractivity contribution < 1.29 is 22.7 Å². The van der Waals surface area contributed by atoms with E-state index in [1.54, 1.807) is 24.3 Å². The molecule has 0 saturated heterocycles. The Balaban J connectivity index is 2.19. The third kappa shape index (κ3) is 4.20. The van der Waals surface area contributed by atoms with Crippen LogP contribution in [0.25, 0.3) is 0 Å². The van der Waals surface area contributed by atoms with Gasteiger partial charge in [0.1, 0.15) is 6.54 Å². The number of esters is 1. The summed E-state index contributed by atoms with van der Waals surface area (Å²) in [7, 11) is -2.91. The first-order valence-electron chi connectivity index (χ1n) is 6.67. The van der Waals surface area contributed by atoms with Gasteiger partial charge in [-0.3, -0.25) is 4.79 Å². The van der Waals surface area contributed by atoms with Gasteiger partial charge < -0.3 is 10.1 Å². The Morgan fingerprint density at radius 3 is 2.71 bits per heavy atom. The minimum absolute atomic E-state index is 0.00509. The molecule has 1 amide bonds. The van der Waals surface area contributed by atoms with Crippen molar-refractivity contribution in [1.29, 1.82) is 0 Å². The van der Waals surface area contributed by atoms with Gasteiger partial charge in [0.15, 0.2) is 0 Å². The number of nitrogens with zero attached hydrogens (tertiary/aromatic N) is 2. The molecular formula is C14H14BrN3O5S. The van der Waals surface area contributed by atoms with Gasteiger partial charge in [-0.25, -0.2) is 9.10 Å². The van der Waals surface area contributed by atoms with Crippen LogP contribution in [0, 0.1) is 0 Å². The Morgan fingerprint density at radius 1 is 1.38 bits per heavy atom. The summed E-state index contributed by atoms with van der Waals surface area (Å²) >= 11 is 3.27. The summed E-state index contributed by atoms with van der Waals surface area (Å²) in [6, 6.07) is 6.83. The van der Waals surface area contributed by atoms with Gasteiger partial charge in [0, 0.05) is 16.4 Å². The average Bonchev–Trinajstić information content (AvgIpc) is 2.48. The fraction of sp³-hybridized carbons (Fsp3) is 0.214. The number of halogens is 1. The largest absolute Gasteiger partial charge is 0.465 e. The Kier molecular flexibility index (Phi) is 5.40. The minimum Gasteiger partial charge on any atom is -0.465 e. The van der Waals surface area contributed by atoms with Crippen molar-refractivity contribution in [2.24, 2.45) is 4.40 Å². The summed E-state index contributed by atoms with van der Waals surface area (Å²) in [5.41, 5.74) is 0.480. The zero-order valence-corrected chi connectivity index (χ0v) is 15.2. The first-order valence-corrected chi connectivity index (χ1v) is 8.86. The predicted molar refractivity (Wildman–Crippen MR) is 91.6 cm³/mol. The Labute approximate surface area is 147 Å². The summed E-state index contributed by atoms with van der Waals surface area (Å²) in [4.78, 5) is 23.7. The van der Waals surface area contributed by atoms with Crippen LogP contribution in [0.5, 0.6) is 0 Å². The van der Waals surface area contributed by atoms with Gasteiger partial charge in [-0.05, 0) is 25.1 Å². The van der Waals surface area contributed by atoms with E-state index in [-0.39, 0.29) is 11.3 Å². The van der Waals surface area contributed by atoms with Crippen molar-refractivity contribution in [2.45, 2.75) is 6.92 Å². The van der Waals surface area contributed by atoms with E-state index in [1.807, 2.05) is 0 Å². The molecule has 2 rings (SSSR count). The van der Waals surface area contributed by atoms with Gasteiger partial charge in [0.2, 0.25) is 5.91 Å². The van der Waals surface area contributed by atoms with Crippen LogP contribution in [-0.4, -0.2) is 44.0 Å². The molecule has 1 aromatic carbocycles. The smallest absolute Gasteiger partial charge is 0.344 e. The summed E-state index contributed by atoms with van der Waals surface area (Å²) in [5.74, 6) is -1.31. The van der Waals surface area contributed by atoms with Crippen molar-refractivity contribution in [1.82, 2.24) is 4.31 Å². The normalized spacial score (nSPS) is 16.0.